The molecule has 7 heteroatoms. The third kappa shape index (κ3) is 5.75. The van der Waals surface area contributed by atoms with Gasteiger partial charge in [-0.1, -0.05) is 35.0 Å². The molecule has 0 aliphatic heterocycles. The number of ether oxygens (including phenoxy) is 1. The standard InChI is InChI=1S/C22H23N3O4/c1-14(2)28-22(27)17-8-10-18(11-9-17)23-19(26)12-13-20-24-21(25-29-20)16-6-4-15(3)5-7-16/h4-11,14H,12-13H2,1-3H3,(H,23,26). The number of aromatic nitrogens is 2. The highest BCUT2D eigenvalue weighted by Crippen LogP contribution is 2.17. The van der Waals surface area contributed by atoms with Gasteiger partial charge in [0.2, 0.25) is 17.6 Å². The molecule has 7 nitrogen and oxygen atoms in total. The summed E-state index contributed by atoms with van der Waals surface area (Å²) in [4.78, 5) is 28.3. The minimum atomic E-state index is -0.390. The number of esters is 1. The molecule has 0 fully saturated rings. The van der Waals surface area contributed by atoms with Gasteiger partial charge in [0, 0.05) is 24.1 Å². The van der Waals surface area contributed by atoms with E-state index in [-0.39, 0.29) is 18.4 Å². The van der Waals surface area contributed by atoms with E-state index in [1.807, 2.05) is 31.2 Å². The smallest absolute Gasteiger partial charge is 0.338 e. The van der Waals surface area contributed by atoms with Gasteiger partial charge in [-0.15, -0.1) is 0 Å². The lowest BCUT2D eigenvalue weighted by atomic mass is 10.1. The minimum Gasteiger partial charge on any atom is -0.459 e. The largest absolute Gasteiger partial charge is 0.459 e. The van der Waals surface area contributed by atoms with Crippen molar-refractivity contribution >= 4 is 17.6 Å². The highest BCUT2D eigenvalue weighted by Gasteiger charge is 2.12. The Bertz CT molecular complexity index is 976. The van der Waals surface area contributed by atoms with Crippen LogP contribution in [-0.4, -0.2) is 28.1 Å². The maximum Gasteiger partial charge on any atom is 0.338 e. The number of hydrogen-bond acceptors (Lipinski definition) is 6. The zero-order valence-electron chi connectivity index (χ0n) is 16.6. The Labute approximate surface area is 169 Å². The molecule has 0 aliphatic rings. The Kier molecular flexibility index (Phi) is 6.39. The average molecular weight is 393 g/mol. The molecule has 1 heterocycles. The summed E-state index contributed by atoms with van der Waals surface area (Å²) < 4.78 is 10.4. The van der Waals surface area contributed by atoms with E-state index in [2.05, 4.69) is 15.5 Å². The van der Waals surface area contributed by atoms with Crippen LogP contribution in [0.15, 0.2) is 53.1 Å². The van der Waals surface area contributed by atoms with E-state index in [0.29, 0.717) is 29.4 Å². The lowest BCUT2D eigenvalue weighted by molar-refractivity contribution is -0.116. The van der Waals surface area contributed by atoms with Crippen LogP contribution in [0.25, 0.3) is 11.4 Å². The third-order valence-corrected chi connectivity index (χ3v) is 4.09. The maximum absolute atomic E-state index is 12.2. The molecule has 1 N–H and O–H groups in total. The van der Waals surface area contributed by atoms with E-state index in [0.717, 1.165) is 11.1 Å². The summed E-state index contributed by atoms with van der Waals surface area (Å²) in [6, 6.07) is 14.4. The Hall–Kier alpha value is -3.48. The number of rotatable bonds is 7. The summed E-state index contributed by atoms with van der Waals surface area (Å²) in [5, 5.41) is 6.75. The first kappa shape index (κ1) is 20.3. The van der Waals surface area contributed by atoms with Crippen LogP contribution in [-0.2, 0) is 16.0 Å². The first-order valence-electron chi connectivity index (χ1n) is 9.41. The van der Waals surface area contributed by atoms with Gasteiger partial charge in [0.25, 0.3) is 0 Å². The van der Waals surface area contributed by atoms with Gasteiger partial charge in [0.05, 0.1) is 11.7 Å². The predicted molar refractivity (Wildman–Crippen MR) is 108 cm³/mol. The average Bonchev–Trinajstić information content (AvgIpc) is 3.16. The second kappa shape index (κ2) is 9.14. The van der Waals surface area contributed by atoms with Crippen LogP contribution in [0, 0.1) is 6.92 Å². The van der Waals surface area contributed by atoms with Crippen molar-refractivity contribution in [2.75, 3.05) is 5.32 Å². The molecule has 0 spiro atoms. The van der Waals surface area contributed by atoms with Crippen molar-refractivity contribution in [1.29, 1.82) is 0 Å². The van der Waals surface area contributed by atoms with E-state index >= 15 is 0 Å². The SMILES string of the molecule is Cc1ccc(-c2noc(CCC(=O)Nc3ccc(C(=O)OC(C)C)cc3)n2)cc1. The Morgan fingerprint density at radius 3 is 2.41 bits per heavy atom. The van der Waals surface area contributed by atoms with E-state index in [1.54, 1.807) is 38.1 Å². The number of carbonyl (C=O) groups excluding carboxylic acids is 2. The lowest BCUT2D eigenvalue weighted by Crippen LogP contribution is -2.13. The number of anilines is 1. The predicted octanol–water partition coefficient (Wildman–Crippen LogP) is 4.18. The van der Waals surface area contributed by atoms with Gasteiger partial charge in [-0.2, -0.15) is 4.98 Å². The van der Waals surface area contributed by atoms with Crippen molar-refractivity contribution in [3.05, 3.63) is 65.5 Å². The summed E-state index contributed by atoms with van der Waals surface area (Å²) in [7, 11) is 0. The Morgan fingerprint density at radius 2 is 1.76 bits per heavy atom. The van der Waals surface area contributed by atoms with E-state index in [1.165, 1.54) is 0 Å². The summed E-state index contributed by atoms with van der Waals surface area (Å²) in [5.41, 5.74) is 3.05. The van der Waals surface area contributed by atoms with Gasteiger partial charge in [-0.3, -0.25) is 4.79 Å². The van der Waals surface area contributed by atoms with Gasteiger partial charge >= 0.3 is 5.97 Å². The van der Waals surface area contributed by atoms with Crippen LogP contribution in [0.2, 0.25) is 0 Å². The highest BCUT2D eigenvalue weighted by molar-refractivity contribution is 5.93. The van der Waals surface area contributed by atoms with E-state index in [9.17, 15) is 9.59 Å². The van der Waals surface area contributed by atoms with Gasteiger partial charge in [-0.05, 0) is 45.0 Å². The number of aryl methyl sites for hydroxylation is 2. The highest BCUT2D eigenvalue weighted by atomic mass is 16.5. The summed E-state index contributed by atoms with van der Waals surface area (Å²) in [6.07, 6.45) is 0.356. The zero-order chi connectivity index (χ0) is 20.8. The van der Waals surface area contributed by atoms with E-state index < -0.39 is 5.97 Å². The molecule has 0 radical (unpaired) electrons. The molecule has 150 valence electrons. The normalized spacial score (nSPS) is 10.8. The number of nitrogens with zero attached hydrogens (tertiary/aromatic N) is 2. The van der Waals surface area contributed by atoms with Crippen molar-refractivity contribution < 1.29 is 18.8 Å². The fraction of sp³-hybridized carbons (Fsp3) is 0.273. The van der Waals surface area contributed by atoms with Gasteiger partial charge in [0.1, 0.15) is 0 Å². The Morgan fingerprint density at radius 1 is 1.07 bits per heavy atom. The number of carbonyl (C=O) groups is 2. The van der Waals surface area contributed by atoms with Gasteiger partial charge < -0.3 is 14.6 Å². The molecule has 0 saturated carbocycles. The second-order valence-corrected chi connectivity index (χ2v) is 6.96. The lowest BCUT2D eigenvalue weighted by Gasteiger charge is -2.09. The van der Waals surface area contributed by atoms with Crippen molar-refractivity contribution in [2.45, 2.75) is 39.7 Å². The molecule has 29 heavy (non-hydrogen) atoms. The summed E-state index contributed by atoms with van der Waals surface area (Å²) in [6.45, 7) is 5.59. The number of benzene rings is 2. The maximum atomic E-state index is 12.2. The van der Waals surface area contributed by atoms with E-state index in [4.69, 9.17) is 9.26 Å². The monoisotopic (exact) mass is 393 g/mol. The molecule has 1 aromatic heterocycles. The fourth-order valence-corrected chi connectivity index (χ4v) is 2.59. The van der Waals surface area contributed by atoms with Crippen molar-refractivity contribution in [1.82, 2.24) is 10.1 Å². The van der Waals surface area contributed by atoms with Crippen molar-refractivity contribution in [2.24, 2.45) is 0 Å². The second-order valence-electron chi connectivity index (χ2n) is 6.96. The van der Waals surface area contributed by atoms with Crippen LogP contribution in [0.4, 0.5) is 5.69 Å². The summed E-state index contributed by atoms with van der Waals surface area (Å²) in [5.74, 6) is 0.336. The van der Waals surface area contributed by atoms with Crippen LogP contribution >= 0.6 is 0 Å². The molecule has 0 bridgehead atoms. The minimum absolute atomic E-state index is 0.182. The molecule has 0 unspecified atom stereocenters. The number of hydrogen-bond donors (Lipinski definition) is 1. The molecule has 0 saturated heterocycles. The van der Waals surface area contributed by atoms with Gasteiger partial charge in [-0.25, -0.2) is 4.79 Å². The Balaban J connectivity index is 1.51. The fourth-order valence-electron chi connectivity index (χ4n) is 2.59. The molecular formula is C22H23N3O4. The topological polar surface area (TPSA) is 94.3 Å². The third-order valence-electron chi connectivity index (χ3n) is 4.09. The van der Waals surface area contributed by atoms with Gasteiger partial charge in [0.15, 0.2) is 0 Å². The molecule has 0 aliphatic carbocycles. The first-order chi connectivity index (χ1) is 13.9. The van der Waals surface area contributed by atoms with Crippen LogP contribution in [0.5, 0.6) is 0 Å². The molecule has 2 aromatic carbocycles. The number of amides is 1. The zero-order valence-corrected chi connectivity index (χ0v) is 16.6. The van der Waals surface area contributed by atoms with Crippen LogP contribution in [0.3, 0.4) is 0 Å². The first-order valence-corrected chi connectivity index (χ1v) is 9.41. The summed E-state index contributed by atoms with van der Waals surface area (Å²) >= 11 is 0. The molecule has 1 amide bonds. The molecular weight excluding hydrogens is 370 g/mol. The molecule has 3 aromatic rings. The van der Waals surface area contributed by atoms with Crippen molar-refractivity contribution in [3.8, 4) is 11.4 Å². The van der Waals surface area contributed by atoms with Crippen LogP contribution in [0.1, 0.15) is 42.1 Å². The van der Waals surface area contributed by atoms with Crippen LogP contribution < -0.4 is 5.32 Å². The molecule has 3 rings (SSSR count). The number of nitrogens with one attached hydrogen (secondary N) is 1. The molecule has 0 atom stereocenters. The quantitative estimate of drug-likeness (QED) is 0.605. The van der Waals surface area contributed by atoms with Crippen molar-refractivity contribution in [3.63, 3.8) is 0 Å².